The van der Waals surface area contributed by atoms with Crippen LogP contribution in [-0.4, -0.2) is 33.2 Å². The standard InChI is InChI=1S/C8H9NS.2C2H4OS/c1-9-6-10-8-5-3-2-4-7(8)9;2*1-2(3)4/h2-5H,6H2,1H3;2*1H3,(H,3,4). The van der Waals surface area contributed by atoms with E-state index in [0.29, 0.717) is 0 Å². The van der Waals surface area contributed by atoms with E-state index in [-0.39, 0.29) is 10.1 Å². The lowest BCUT2D eigenvalue weighted by Gasteiger charge is -2.08. The van der Waals surface area contributed by atoms with Crippen LogP contribution < -0.4 is 4.90 Å². The average molecular weight is 303 g/mol. The fourth-order valence-electron chi connectivity index (χ4n) is 1.13. The van der Waals surface area contributed by atoms with E-state index in [1.54, 1.807) is 0 Å². The van der Waals surface area contributed by atoms with Gasteiger partial charge in [0.25, 0.3) is 0 Å². The summed E-state index contributed by atoms with van der Waals surface area (Å²) in [7, 11) is 2.12. The van der Waals surface area contributed by atoms with E-state index in [0.717, 1.165) is 5.88 Å². The summed E-state index contributed by atoms with van der Waals surface area (Å²) in [6, 6.07) is 8.50. The molecule has 0 radical (unpaired) electrons. The first-order chi connectivity index (χ1) is 8.34. The van der Waals surface area contributed by atoms with Gasteiger partial charge in [-0.1, -0.05) is 12.1 Å². The Morgan fingerprint density at radius 1 is 1.17 bits per heavy atom. The zero-order chi connectivity index (χ0) is 14.1. The summed E-state index contributed by atoms with van der Waals surface area (Å²) in [6.45, 7) is 2.91. The van der Waals surface area contributed by atoms with Crippen molar-refractivity contribution in [1.82, 2.24) is 0 Å². The number of fused-ring (bicyclic) bond motifs is 1. The number of thioether (sulfide) groups is 1. The van der Waals surface area contributed by atoms with Crippen LogP contribution in [0.2, 0.25) is 0 Å². The Balaban J connectivity index is 0.000000307. The zero-order valence-electron chi connectivity index (χ0n) is 10.6. The molecule has 6 heteroatoms. The monoisotopic (exact) mass is 303 g/mol. The van der Waals surface area contributed by atoms with E-state index in [1.807, 2.05) is 11.8 Å². The van der Waals surface area contributed by atoms with Gasteiger partial charge in [-0.15, -0.1) is 11.8 Å². The number of hydrogen-bond acceptors (Lipinski definition) is 4. The lowest BCUT2D eigenvalue weighted by atomic mass is 10.3. The Morgan fingerprint density at radius 3 is 2.06 bits per heavy atom. The third kappa shape index (κ3) is 8.27. The van der Waals surface area contributed by atoms with Gasteiger partial charge in [0.1, 0.15) is 0 Å². The van der Waals surface area contributed by atoms with E-state index in [2.05, 4.69) is 60.6 Å². The second-order valence-corrected chi connectivity index (χ2v) is 5.65. The molecule has 0 amide bonds. The van der Waals surface area contributed by atoms with Crippen molar-refractivity contribution in [3.05, 3.63) is 24.3 Å². The van der Waals surface area contributed by atoms with Gasteiger partial charge < -0.3 is 15.1 Å². The van der Waals surface area contributed by atoms with E-state index in [9.17, 15) is 0 Å². The first-order valence-electron chi connectivity index (χ1n) is 5.16. The number of nitrogens with zero attached hydrogens (tertiary/aromatic N) is 1. The molecular weight excluding hydrogens is 286 g/mol. The molecule has 0 saturated heterocycles. The predicted molar refractivity (Wildman–Crippen MR) is 87.4 cm³/mol. The fourth-order valence-corrected chi connectivity index (χ4v) is 2.15. The maximum atomic E-state index is 7.79. The highest BCUT2D eigenvalue weighted by Gasteiger charge is 2.13. The molecule has 1 aliphatic heterocycles. The Kier molecular flexibility index (Phi) is 8.70. The van der Waals surface area contributed by atoms with Crippen LogP contribution in [0.1, 0.15) is 13.8 Å². The number of rotatable bonds is 0. The van der Waals surface area contributed by atoms with E-state index in [4.69, 9.17) is 10.2 Å². The Labute approximate surface area is 123 Å². The maximum Gasteiger partial charge on any atom is 0.153 e. The lowest BCUT2D eigenvalue weighted by Crippen LogP contribution is -2.10. The van der Waals surface area contributed by atoms with Crippen molar-refractivity contribution in [1.29, 1.82) is 0 Å². The minimum absolute atomic E-state index is 0.000000000000000222. The molecule has 100 valence electrons. The molecule has 1 heterocycles. The Morgan fingerprint density at radius 2 is 1.61 bits per heavy atom. The molecule has 0 atom stereocenters. The lowest BCUT2D eigenvalue weighted by molar-refractivity contribution is 0.564. The number of hydrogen-bond donors (Lipinski definition) is 2. The molecule has 0 bridgehead atoms. The van der Waals surface area contributed by atoms with Crippen molar-refractivity contribution < 1.29 is 10.2 Å². The molecule has 0 spiro atoms. The van der Waals surface area contributed by atoms with Crippen molar-refractivity contribution in [2.45, 2.75) is 18.7 Å². The molecule has 18 heavy (non-hydrogen) atoms. The Hall–Kier alpha value is -0.850. The molecule has 0 unspecified atom stereocenters. The highest BCUT2D eigenvalue weighted by atomic mass is 32.2. The molecule has 1 aliphatic rings. The highest BCUT2D eigenvalue weighted by molar-refractivity contribution is 7.99. The highest BCUT2D eigenvalue weighted by Crippen LogP contribution is 2.36. The van der Waals surface area contributed by atoms with Crippen molar-refractivity contribution >= 4 is 52.0 Å². The van der Waals surface area contributed by atoms with Gasteiger partial charge in [0.2, 0.25) is 0 Å². The van der Waals surface area contributed by atoms with E-state index < -0.39 is 0 Å². The summed E-state index contributed by atoms with van der Waals surface area (Å²) in [5.74, 6) is 1.10. The SMILES string of the molecule is CC(O)=S.CC(O)=S.CN1CSc2ccccc21. The van der Waals surface area contributed by atoms with Gasteiger partial charge in [0.05, 0.1) is 11.6 Å². The molecule has 0 aliphatic carbocycles. The summed E-state index contributed by atoms with van der Waals surface area (Å²) in [5, 5.41) is 15.6. The van der Waals surface area contributed by atoms with Gasteiger partial charge in [-0.05, 0) is 36.6 Å². The summed E-state index contributed by atoms with van der Waals surface area (Å²) in [6.07, 6.45) is 0. The van der Waals surface area contributed by atoms with Crippen LogP contribution in [0.25, 0.3) is 0 Å². The smallest absolute Gasteiger partial charge is 0.153 e. The molecule has 0 saturated carbocycles. The largest absolute Gasteiger partial charge is 0.502 e. The second-order valence-electron chi connectivity index (χ2n) is 3.48. The van der Waals surface area contributed by atoms with Gasteiger partial charge in [0, 0.05) is 25.8 Å². The number of thiocarbonyl (C=S) groups is 2. The van der Waals surface area contributed by atoms with Crippen molar-refractivity contribution in [2.24, 2.45) is 0 Å². The van der Waals surface area contributed by atoms with E-state index in [1.165, 1.54) is 24.4 Å². The second kappa shape index (κ2) is 9.13. The molecule has 2 N–H and O–H groups in total. The average Bonchev–Trinajstić information content (AvgIpc) is 2.60. The van der Waals surface area contributed by atoms with Crippen LogP contribution in [0.4, 0.5) is 5.69 Å². The molecule has 3 nitrogen and oxygen atoms in total. The normalized spacial score (nSPS) is 11.4. The summed E-state index contributed by atoms with van der Waals surface area (Å²) in [5.41, 5.74) is 1.37. The number of aliphatic hydroxyl groups excluding tert-OH is 2. The van der Waals surface area contributed by atoms with Crippen LogP contribution >= 0.6 is 36.2 Å². The van der Waals surface area contributed by atoms with Crippen LogP contribution in [0.5, 0.6) is 0 Å². The summed E-state index contributed by atoms with van der Waals surface area (Å²) >= 11 is 10.1. The summed E-state index contributed by atoms with van der Waals surface area (Å²) in [4.78, 5) is 3.67. The van der Waals surface area contributed by atoms with Gasteiger partial charge in [-0.2, -0.15) is 0 Å². The Bertz CT molecular complexity index is 390. The van der Waals surface area contributed by atoms with Crippen LogP contribution in [0, 0.1) is 0 Å². The first-order valence-corrected chi connectivity index (χ1v) is 6.96. The van der Waals surface area contributed by atoms with Crippen molar-refractivity contribution in [2.75, 3.05) is 17.8 Å². The maximum absolute atomic E-state index is 7.79. The van der Waals surface area contributed by atoms with Crippen LogP contribution in [-0.2, 0) is 0 Å². The predicted octanol–water partition coefficient (Wildman–Crippen LogP) is 3.97. The fraction of sp³-hybridized carbons (Fsp3) is 0.333. The van der Waals surface area contributed by atoms with Gasteiger partial charge >= 0.3 is 0 Å². The zero-order valence-corrected chi connectivity index (χ0v) is 13.0. The van der Waals surface area contributed by atoms with Crippen LogP contribution in [0.3, 0.4) is 0 Å². The molecule has 1 aromatic carbocycles. The number of para-hydroxylation sites is 1. The van der Waals surface area contributed by atoms with Gasteiger partial charge in [-0.3, -0.25) is 0 Å². The number of aliphatic hydroxyl groups is 2. The first kappa shape index (κ1) is 17.2. The quantitative estimate of drug-likeness (QED) is 0.707. The molecular formula is C12H17NO2S3. The third-order valence-electron chi connectivity index (χ3n) is 1.69. The van der Waals surface area contributed by atoms with Crippen molar-refractivity contribution in [3.8, 4) is 0 Å². The third-order valence-corrected chi connectivity index (χ3v) is 2.86. The molecule has 2 rings (SSSR count). The van der Waals surface area contributed by atoms with Crippen LogP contribution in [0.15, 0.2) is 29.2 Å². The summed E-state index contributed by atoms with van der Waals surface area (Å²) < 4.78 is 0. The minimum atomic E-state index is 0.000000000000000222. The molecule has 1 aromatic rings. The number of benzene rings is 1. The van der Waals surface area contributed by atoms with Gasteiger partial charge in [0.15, 0.2) is 10.1 Å². The number of anilines is 1. The topological polar surface area (TPSA) is 43.7 Å². The van der Waals surface area contributed by atoms with Crippen molar-refractivity contribution in [3.63, 3.8) is 0 Å². The molecule has 0 aromatic heterocycles. The van der Waals surface area contributed by atoms with Gasteiger partial charge in [-0.25, -0.2) is 0 Å². The molecule has 0 fully saturated rings. The van der Waals surface area contributed by atoms with E-state index >= 15 is 0 Å². The minimum Gasteiger partial charge on any atom is -0.502 e.